The molecular weight excluding hydrogens is 415 g/mol. The maximum absolute atomic E-state index is 13.2. The summed E-state index contributed by atoms with van der Waals surface area (Å²) in [6.45, 7) is 1.41. The van der Waals surface area contributed by atoms with Gasteiger partial charge in [0, 0.05) is 10.7 Å². The monoisotopic (exact) mass is 432 g/mol. The number of anilines is 2. The highest BCUT2D eigenvalue weighted by Crippen LogP contribution is 2.24. The molecule has 0 aromatic heterocycles. The topological polar surface area (TPSA) is 66.5 Å². The Labute approximate surface area is 173 Å². The van der Waals surface area contributed by atoms with Crippen molar-refractivity contribution in [2.24, 2.45) is 0 Å². The highest BCUT2D eigenvalue weighted by atomic mass is 35.5. The first-order chi connectivity index (χ1) is 13.8. The third kappa shape index (κ3) is 5.13. The minimum absolute atomic E-state index is 0.116. The molecule has 29 heavy (non-hydrogen) atoms. The first-order valence-corrected chi connectivity index (χ1v) is 10.5. The maximum Gasteiger partial charge on any atom is 0.264 e. The van der Waals surface area contributed by atoms with E-state index in [1.165, 1.54) is 12.1 Å². The number of sulfonamides is 1. The summed E-state index contributed by atoms with van der Waals surface area (Å²) in [4.78, 5) is 12.5. The Hall–Kier alpha value is -2.90. The highest BCUT2D eigenvalue weighted by Gasteiger charge is 2.27. The van der Waals surface area contributed by atoms with Gasteiger partial charge in [0.1, 0.15) is 12.4 Å². The summed E-state index contributed by atoms with van der Waals surface area (Å²) >= 11 is 5.92. The molecule has 0 saturated heterocycles. The molecule has 3 rings (SSSR count). The molecule has 0 radical (unpaired) electrons. The Morgan fingerprint density at radius 1 is 1.03 bits per heavy atom. The second-order valence-corrected chi connectivity index (χ2v) is 8.66. The lowest BCUT2D eigenvalue weighted by molar-refractivity contribution is -0.114. The van der Waals surface area contributed by atoms with Crippen LogP contribution >= 0.6 is 11.6 Å². The van der Waals surface area contributed by atoms with E-state index in [9.17, 15) is 17.6 Å². The van der Waals surface area contributed by atoms with E-state index in [1.807, 2.05) is 6.92 Å². The Bertz CT molecular complexity index is 1120. The zero-order valence-electron chi connectivity index (χ0n) is 15.5. The van der Waals surface area contributed by atoms with Crippen LogP contribution in [0.2, 0.25) is 5.02 Å². The summed E-state index contributed by atoms with van der Waals surface area (Å²) in [7, 11) is -4.10. The minimum atomic E-state index is -4.10. The van der Waals surface area contributed by atoms with E-state index in [0.717, 1.165) is 22.0 Å². The van der Waals surface area contributed by atoms with Crippen LogP contribution in [-0.4, -0.2) is 20.9 Å². The van der Waals surface area contributed by atoms with Gasteiger partial charge in [-0.05, 0) is 61.5 Å². The van der Waals surface area contributed by atoms with Gasteiger partial charge in [-0.15, -0.1) is 0 Å². The van der Waals surface area contributed by atoms with E-state index >= 15 is 0 Å². The van der Waals surface area contributed by atoms with Crippen molar-refractivity contribution >= 4 is 38.9 Å². The van der Waals surface area contributed by atoms with Gasteiger partial charge in [0.2, 0.25) is 5.91 Å². The smallest absolute Gasteiger partial charge is 0.264 e. The number of amides is 1. The van der Waals surface area contributed by atoms with Crippen LogP contribution in [0.4, 0.5) is 15.8 Å². The molecule has 0 unspecified atom stereocenters. The molecule has 3 aromatic carbocycles. The number of carbonyl (C=O) groups is 1. The SMILES string of the molecule is Cc1ccc(N(CC(=O)Nc2cccc(Cl)c2)S(=O)(=O)c2ccc(F)cc2)cc1. The molecule has 8 heteroatoms. The Kier molecular flexibility index (Phi) is 6.20. The predicted octanol–water partition coefficient (Wildman–Crippen LogP) is 4.62. The van der Waals surface area contributed by atoms with E-state index in [-0.39, 0.29) is 4.90 Å². The number of nitrogens with one attached hydrogen (secondary N) is 1. The lowest BCUT2D eigenvalue weighted by atomic mass is 10.2. The fraction of sp³-hybridized carbons (Fsp3) is 0.0952. The standard InChI is InChI=1S/C21H18ClFN2O3S/c1-15-5-9-19(10-6-15)25(29(27,28)20-11-7-17(23)8-12-20)14-21(26)24-18-4-2-3-16(22)13-18/h2-13H,14H2,1H3,(H,24,26). The van der Waals surface area contributed by atoms with Crippen molar-refractivity contribution in [1.82, 2.24) is 0 Å². The quantitative estimate of drug-likeness (QED) is 0.618. The van der Waals surface area contributed by atoms with Crippen LogP contribution in [0.5, 0.6) is 0 Å². The molecule has 0 fully saturated rings. The molecule has 1 amide bonds. The molecule has 0 aliphatic rings. The normalized spacial score (nSPS) is 11.1. The number of rotatable bonds is 6. The van der Waals surface area contributed by atoms with Crippen molar-refractivity contribution in [3.8, 4) is 0 Å². The van der Waals surface area contributed by atoms with Gasteiger partial charge in [-0.2, -0.15) is 0 Å². The highest BCUT2D eigenvalue weighted by molar-refractivity contribution is 7.92. The van der Waals surface area contributed by atoms with Gasteiger partial charge in [-0.1, -0.05) is 35.4 Å². The van der Waals surface area contributed by atoms with Crippen molar-refractivity contribution in [1.29, 1.82) is 0 Å². The van der Waals surface area contributed by atoms with Crippen molar-refractivity contribution in [2.45, 2.75) is 11.8 Å². The second kappa shape index (κ2) is 8.63. The van der Waals surface area contributed by atoms with Gasteiger partial charge in [-0.3, -0.25) is 9.10 Å². The van der Waals surface area contributed by atoms with E-state index in [4.69, 9.17) is 11.6 Å². The zero-order valence-corrected chi connectivity index (χ0v) is 17.0. The Morgan fingerprint density at radius 2 is 1.69 bits per heavy atom. The summed E-state index contributed by atoms with van der Waals surface area (Å²) in [5, 5.41) is 3.08. The molecular formula is C21H18ClFN2O3S. The van der Waals surface area contributed by atoms with Crippen LogP contribution in [0.15, 0.2) is 77.7 Å². The van der Waals surface area contributed by atoms with Crippen LogP contribution in [0.3, 0.4) is 0 Å². The maximum atomic E-state index is 13.2. The number of aryl methyl sites for hydroxylation is 1. The molecule has 0 aliphatic carbocycles. The van der Waals surface area contributed by atoms with Gasteiger partial charge in [0.05, 0.1) is 10.6 Å². The van der Waals surface area contributed by atoms with Crippen LogP contribution in [-0.2, 0) is 14.8 Å². The summed E-state index contributed by atoms with van der Waals surface area (Å²) in [6, 6.07) is 17.7. The number of hydrogen-bond acceptors (Lipinski definition) is 3. The molecule has 0 bridgehead atoms. The van der Waals surface area contributed by atoms with Crippen LogP contribution < -0.4 is 9.62 Å². The van der Waals surface area contributed by atoms with Crippen LogP contribution in [0, 0.1) is 12.7 Å². The van der Waals surface area contributed by atoms with Crippen LogP contribution in [0.1, 0.15) is 5.56 Å². The van der Waals surface area contributed by atoms with Gasteiger partial charge >= 0.3 is 0 Å². The Balaban J connectivity index is 1.93. The van der Waals surface area contributed by atoms with Gasteiger partial charge in [0.15, 0.2) is 0 Å². The van der Waals surface area contributed by atoms with E-state index in [0.29, 0.717) is 16.4 Å². The first kappa shape index (κ1) is 20.8. The summed E-state index contributed by atoms with van der Waals surface area (Å²) < 4.78 is 40.6. The van der Waals surface area contributed by atoms with E-state index in [1.54, 1.807) is 48.5 Å². The number of benzene rings is 3. The fourth-order valence-electron chi connectivity index (χ4n) is 2.66. The molecule has 0 atom stereocenters. The fourth-order valence-corrected chi connectivity index (χ4v) is 4.27. The largest absolute Gasteiger partial charge is 0.324 e. The predicted molar refractivity (Wildman–Crippen MR) is 112 cm³/mol. The van der Waals surface area contributed by atoms with Gasteiger partial charge < -0.3 is 5.32 Å². The summed E-state index contributed by atoms with van der Waals surface area (Å²) in [6.07, 6.45) is 0. The number of hydrogen-bond donors (Lipinski definition) is 1. The molecule has 5 nitrogen and oxygen atoms in total. The third-order valence-electron chi connectivity index (χ3n) is 4.12. The number of halogens is 2. The lowest BCUT2D eigenvalue weighted by Crippen LogP contribution is -2.38. The van der Waals surface area contributed by atoms with Crippen molar-refractivity contribution in [3.63, 3.8) is 0 Å². The molecule has 0 aliphatic heterocycles. The molecule has 3 aromatic rings. The number of nitrogens with zero attached hydrogens (tertiary/aromatic N) is 1. The summed E-state index contributed by atoms with van der Waals surface area (Å²) in [5.74, 6) is -1.09. The molecule has 150 valence electrons. The molecule has 0 spiro atoms. The van der Waals surface area contributed by atoms with Gasteiger partial charge in [-0.25, -0.2) is 12.8 Å². The average Bonchev–Trinajstić information content (AvgIpc) is 2.67. The van der Waals surface area contributed by atoms with Gasteiger partial charge in [0.25, 0.3) is 10.0 Å². The Morgan fingerprint density at radius 3 is 2.31 bits per heavy atom. The lowest BCUT2D eigenvalue weighted by Gasteiger charge is -2.24. The molecule has 1 N–H and O–H groups in total. The van der Waals surface area contributed by atoms with E-state index < -0.39 is 28.3 Å². The third-order valence-corrected chi connectivity index (χ3v) is 6.14. The average molecular weight is 433 g/mol. The summed E-state index contributed by atoms with van der Waals surface area (Å²) in [5.41, 5.74) is 1.71. The van der Waals surface area contributed by atoms with Crippen molar-refractivity contribution in [3.05, 3.63) is 89.2 Å². The molecule has 0 heterocycles. The first-order valence-electron chi connectivity index (χ1n) is 8.66. The minimum Gasteiger partial charge on any atom is -0.324 e. The van der Waals surface area contributed by atoms with Crippen LogP contribution in [0.25, 0.3) is 0 Å². The van der Waals surface area contributed by atoms with E-state index in [2.05, 4.69) is 5.32 Å². The number of carbonyl (C=O) groups excluding carboxylic acids is 1. The zero-order chi connectivity index (χ0) is 21.0. The molecule has 0 saturated carbocycles. The van der Waals surface area contributed by atoms with Crippen molar-refractivity contribution < 1.29 is 17.6 Å². The van der Waals surface area contributed by atoms with Crippen molar-refractivity contribution in [2.75, 3.05) is 16.2 Å². The second-order valence-electron chi connectivity index (χ2n) is 6.36.